The molecule has 4 fully saturated rings. The number of piperidine rings is 1. The number of benzene rings is 1. The van der Waals surface area contributed by atoms with Gasteiger partial charge in [0.1, 0.15) is 0 Å². The largest absolute Gasteiger partial charge is 0.349 e. The fourth-order valence-electron chi connectivity index (χ4n) is 8.01. The Labute approximate surface area is 177 Å². The van der Waals surface area contributed by atoms with Gasteiger partial charge in [-0.3, -0.25) is 4.79 Å². The van der Waals surface area contributed by atoms with Crippen LogP contribution in [0, 0.1) is 29.1 Å². The molecule has 0 bridgehead atoms. The van der Waals surface area contributed by atoms with E-state index in [1.54, 1.807) is 6.42 Å². The first kappa shape index (κ1) is 18.4. The minimum absolute atomic E-state index is 0. The molecule has 1 N–H and O–H groups in total. The van der Waals surface area contributed by atoms with Gasteiger partial charge >= 0.3 is 0 Å². The molecular weight excluding hydrogens is 356 g/mol. The number of carbonyl (C=O) groups is 1. The van der Waals surface area contributed by atoms with E-state index in [1.807, 2.05) is 13.8 Å². The third kappa shape index (κ3) is 2.69. The fourth-order valence-corrected chi connectivity index (χ4v) is 8.01. The molecule has 1 aromatic carbocycles. The van der Waals surface area contributed by atoms with Crippen LogP contribution in [0.1, 0.15) is 77.4 Å². The lowest BCUT2D eigenvalue weighted by Gasteiger charge is -2.48. The van der Waals surface area contributed by atoms with E-state index in [9.17, 15) is 4.79 Å². The molecule has 5 atom stereocenters. The van der Waals surface area contributed by atoms with Crippen LogP contribution in [0.5, 0.6) is 0 Å². The number of rotatable bonds is 4. The maximum absolute atomic E-state index is 12.4. The number of carbonyl (C=O) groups excluding carboxylic acids is 1. The lowest BCUT2D eigenvalue weighted by Crippen LogP contribution is -2.48. The SMILES string of the molecule is CC(C)C(=O)N[C@H]1CC2(CCN(C[C@H]3CC45C[C@@H]4CC[C@H]35)CC2)c2ccccc21.[HH]. The summed E-state index contributed by atoms with van der Waals surface area (Å²) in [6.45, 7) is 7.80. The molecule has 0 radical (unpaired) electrons. The molecular formula is C26H38N2O. The molecule has 1 saturated heterocycles. The van der Waals surface area contributed by atoms with Crippen molar-refractivity contribution >= 4 is 5.91 Å². The zero-order valence-corrected chi connectivity index (χ0v) is 18.1. The van der Waals surface area contributed by atoms with Crippen molar-refractivity contribution in [2.75, 3.05) is 19.6 Å². The van der Waals surface area contributed by atoms with Crippen LogP contribution in [-0.2, 0) is 10.2 Å². The molecule has 1 amide bonds. The van der Waals surface area contributed by atoms with Crippen LogP contribution < -0.4 is 5.32 Å². The Kier molecular flexibility index (Phi) is 4.02. The van der Waals surface area contributed by atoms with Crippen molar-refractivity contribution in [2.45, 2.75) is 70.3 Å². The Balaban J connectivity index is 0.00000193. The lowest BCUT2D eigenvalue weighted by atomic mass is 9.62. The maximum Gasteiger partial charge on any atom is 0.223 e. The predicted molar refractivity (Wildman–Crippen MR) is 118 cm³/mol. The van der Waals surface area contributed by atoms with Crippen molar-refractivity contribution in [1.82, 2.24) is 10.2 Å². The summed E-state index contributed by atoms with van der Waals surface area (Å²) in [5.74, 6) is 3.43. The summed E-state index contributed by atoms with van der Waals surface area (Å²) in [5, 5.41) is 3.35. The number of nitrogens with zero attached hydrogens (tertiary/aromatic N) is 1. The number of likely N-dealkylation sites (tertiary alicyclic amines) is 1. The summed E-state index contributed by atoms with van der Waals surface area (Å²) in [5.41, 5.74) is 4.03. The summed E-state index contributed by atoms with van der Waals surface area (Å²) in [4.78, 5) is 15.2. The molecule has 1 aliphatic heterocycles. The zero-order valence-electron chi connectivity index (χ0n) is 18.1. The summed E-state index contributed by atoms with van der Waals surface area (Å²) >= 11 is 0. The Morgan fingerprint density at radius 2 is 1.97 bits per heavy atom. The van der Waals surface area contributed by atoms with Gasteiger partial charge in [-0.2, -0.15) is 0 Å². The van der Waals surface area contributed by atoms with E-state index in [2.05, 4.69) is 34.5 Å². The van der Waals surface area contributed by atoms with Gasteiger partial charge in [0.05, 0.1) is 6.04 Å². The van der Waals surface area contributed by atoms with E-state index in [1.165, 1.54) is 62.9 Å². The van der Waals surface area contributed by atoms with Crippen molar-refractivity contribution in [1.29, 1.82) is 0 Å². The van der Waals surface area contributed by atoms with Gasteiger partial charge in [-0.1, -0.05) is 38.1 Å². The van der Waals surface area contributed by atoms with E-state index in [-0.39, 0.29) is 24.7 Å². The maximum atomic E-state index is 12.4. The number of hydrogen-bond donors (Lipinski definition) is 1. The van der Waals surface area contributed by atoms with Crippen molar-refractivity contribution in [3.8, 4) is 0 Å². The standard InChI is InChI=1S/C26H36N2O.H2/c1-17(2)24(29)27-23-15-25(22-6-4-3-5-20(22)23)9-11-28(12-10-25)16-18-13-26-14-19(26)7-8-21(18)26;/h3-6,17-19,21,23H,7-16H2,1-2H3,(H,27,29);1H/t18-,19+,21-,23+,26?;/m1./s1. The molecule has 2 spiro atoms. The van der Waals surface area contributed by atoms with Gasteiger partial charge in [0.25, 0.3) is 0 Å². The number of fused-ring (bicyclic) bond motifs is 2. The zero-order chi connectivity index (χ0) is 19.8. The van der Waals surface area contributed by atoms with E-state index in [0.29, 0.717) is 0 Å². The van der Waals surface area contributed by atoms with Crippen molar-refractivity contribution < 1.29 is 6.22 Å². The summed E-state index contributed by atoms with van der Waals surface area (Å²) < 4.78 is 0. The van der Waals surface area contributed by atoms with Crippen molar-refractivity contribution in [3.63, 3.8) is 0 Å². The van der Waals surface area contributed by atoms with Gasteiger partial charge in [-0.15, -0.1) is 0 Å². The first-order chi connectivity index (χ1) is 14.0. The Morgan fingerprint density at radius 3 is 2.69 bits per heavy atom. The first-order valence-corrected chi connectivity index (χ1v) is 12.1. The van der Waals surface area contributed by atoms with Crippen LogP contribution in [0.3, 0.4) is 0 Å². The van der Waals surface area contributed by atoms with Gasteiger partial charge in [-0.05, 0) is 92.3 Å². The third-order valence-corrected chi connectivity index (χ3v) is 9.70. The van der Waals surface area contributed by atoms with E-state index in [4.69, 9.17) is 0 Å². The topological polar surface area (TPSA) is 32.3 Å². The minimum atomic E-state index is 0. The molecule has 4 aliphatic carbocycles. The van der Waals surface area contributed by atoms with E-state index in [0.717, 1.165) is 29.6 Å². The molecule has 29 heavy (non-hydrogen) atoms. The predicted octanol–water partition coefficient (Wildman–Crippen LogP) is 4.92. The Morgan fingerprint density at radius 1 is 1.17 bits per heavy atom. The average molecular weight is 395 g/mol. The van der Waals surface area contributed by atoms with Crippen LogP contribution in [0.4, 0.5) is 0 Å². The van der Waals surface area contributed by atoms with Crippen LogP contribution in [-0.4, -0.2) is 30.4 Å². The van der Waals surface area contributed by atoms with Gasteiger partial charge < -0.3 is 10.2 Å². The van der Waals surface area contributed by atoms with Gasteiger partial charge in [0, 0.05) is 19.3 Å². The van der Waals surface area contributed by atoms with E-state index >= 15 is 0 Å². The van der Waals surface area contributed by atoms with Crippen LogP contribution >= 0.6 is 0 Å². The highest BCUT2D eigenvalue weighted by atomic mass is 16.1. The molecule has 6 rings (SSSR count). The minimum Gasteiger partial charge on any atom is -0.349 e. The number of amides is 1. The van der Waals surface area contributed by atoms with E-state index < -0.39 is 0 Å². The monoisotopic (exact) mass is 394 g/mol. The van der Waals surface area contributed by atoms with Crippen LogP contribution in [0.15, 0.2) is 24.3 Å². The third-order valence-electron chi connectivity index (χ3n) is 9.70. The second-order valence-electron chi connectivity index (χ2n) is 11.4. The highest BCUT2D eigenvalue weighted by Gasteiger charge is 2.70. The normalized spacial score (nSPS) is 39.0. The average Bonchev–Trinajstić information content (AvgIpc) is 3.27. The van der Waals surface area contributed by atoms with Crippen LogP contribution in [0.25, 0.3) is 0 Å². The van der Waals surface area contributed by atoms with Crippen molar-refractivity contribution in [2.24, 2.45) is 29.1 Å². The molecule has 3 heteroatoms. The second-order valence-corrected chi connectivity index (χ2v) is 11.4. The molecule has 3 saturated carbocycles. The summed E-state index contributed by atoms with van der Waals surface area (Å²) in [7, 11) is 0. The molecule has 5 aliphatic rings. The Bertz CT molecular complexity index is 828. The fraction of sp³-hybridized carbons (Fsp3) is 0.731. The summed E-state index contributed by atoms with van der Waals surface area (Å²) in [6.07, 6.45) is 9.76. The smallest absolute Gasteiger partial charge is 0.223 e. The van der Waals surface area contributed by atoms with Crippen molar-refractivity contribution in [3.05, 3.63) is 35.4 Å². The molecule has 1 unspecified atom stereocenters. The second kappa shape index (κ2) is 6.33. The lowest BCUT2D eigenvalue weighted by molar-refractivity contribution is -0.124. The van der Waals surface area contributed by atoms with Gasteiger partial charge in [0.15, 0.2) is 0 Å². The van der Waals surface area contributed by atoms with Gasteiger partial charge in [-0.25, -0.2) is 0 Å². The Hall–Kier alpha value is -1.35. The van der Waals surface area contributed by atoms with Gasteiger partial charge in [0.2, 0.25) is 5.91 Å². The molecule has 1 aromatic rings. The van der Waals surface area contributed by atoms with Crippen LogP contribution in [0.2, 0.25) is 0 Å². The number of nitrogens with one attached hydrogen (secondary N) is 1. The molecule has 3 nitrogen and oxygen atoms in total. The molecule has 158 valence electrons. The molecule has 0 aromatic heterocycles. The summed E-state index contributed by atoms with van der Waals surface area (Å²) in [6, 6.07) is 9.13. The highest BCUT2D eigenvalue weighted by Crippen LogP contribution is 2.77. The number of hydrogen-bond acceptors (Lipinski definition) is 2. The molecule has 1 heterocycles. The quantitative estimate of drug-likeness (QED) is 0.786. The first-order valence-electron chi connectivity index (χ1n) is 12.1. The highest BCUT2D eigenvalue weighted by molar-refractivity contribution is 5.78.